The van der Waals surface area contributed by atoms with Gasteiger partial charge < -0.3 is 15.2 Å². The van der Waals surface area contributed by atoms with E-state index in [1.54, 1.807) is 24.8 Å². The largest absolute Gasteiger partial charge is 0.368 e. The van der Waals surface area contributed by atoms with Crippen molar-refractivity contribution in [1.29, 1.82) is 0 Å². The first-order chi connectivity index (χ1) is 15.5. The Kier molecular flexibility index (Phi) is 6.02. The quantitative estimate of drug-likeness (QED) is 0.246. The van der Waals surface area contributed by atoms with Crippen LogP contribution in [-0.2, 0) is 0 Å². The molecule has 3 heterocycles. The number of nitrogens with zero attached hydrogens (tertiary/aromatic N) is 6. The molecule has 0 spiro atoms. The Morgan fingerprint density at radius 1 is 1.06 bits per heavy atom. The summed E-state index contributed by atoms with van der Waals surface area (Å²) in [5, 5.41) is 17.0. The summed E-state index contributed by atoms with van der Waals surface area (Å²) in [5.41, 5.74) is 4.95. The van der Waals surface area contributed by atoms with Crippen LogP contribution in [0.5, 0.6) is 0 Å². The van der Waals surface area contributed by atoms with E-state index in [0.717, 1.165) is 22.5 Å². The second kappa shape index (κ2) is 9.21. The maximum atomic E-state index is 10.7. The standard InChI is InChI=1S/C22H22N8O2/c1-15-3-5-18(16(2)11-15)21-19(29-10-9-23-14-29)13-27-22(28-21)25-8-7-24-20-6-4-17(12-26-20)30(31)32/h3-6,9-14H,7-8H2,1-2H3,(H,24,26)(H,25,27,28). The van der Waals surface area contributed by atoms with Gasteiger partial charge in [-0.2, -0.15) is 0 Å². The van der Waals surface area contributed by atoms with Gasteiger partial charge in [0, 0.05) is 37.1 Å². The molecule has 32 heavy (non-hydrogen) atoms. The number of nitrogens with one attached hydrogen (secondary N) is 2. The van der Waals surface area contributed by atoms with Crippen molar-refractivity contribution in [1.82, 2.24) is 24.5 Å². The third kappa shape index (κ3) is 4.69. The number of aromatic nitrogens is 5. The number of nitro groups is 1. The Balaban J connectivity index is 1.49. The SMILES string of the molecule is Cc1ccc(-c2nc(NCCNc3ccc([N+](=O)[O-])cn3)ncc2-n2ccnc2)c(C)c1. The molecule has 4 rings (SSSR count). The van der Waals surface area contributed by atoms with Gasteiger partial charge >= 0.3 is 0 Å². The van der Waals surface area contributed by atoms with Crippen molar-refractivity contribution in [2.75, 3.05) is 23.7 Å². The van der Waals surface area contributed by atoms with Gasteiger partial charge in [0.25, 0.3) is 5.69 Å². The third-order valence-electron chi connectivity index (χ3n) is 4.86. The summed E-state index contributed by atoms with van der Waals surface area (Å²) >= 11 is 0. The molecule has 0 aliphatic heterocycles. The summed E-state index contributed by atoms with van der Waals surface area (Å²) in [7, 11) is 0. The number of aryl methyl sites for hydroxylation is 2. The van der Waals surface area contributed by atoms with Crippen LogP contribution in [-0.4, -0.2) is 42.5 Å². The predicted molar refractivity (Wildman–Crippen MR) is 122 cm³/mol. The first-order valence-corrected chi connectivity index (χ1v) is 10.0. The minimum atomic E-state index is -0.476. The molecule has 0 bridgehead atoms. The van der Waals surface area contributed by atoms with E-state index in [0.29, 0.717) is 24.9 Å². The van der Waals surface area contributed by atoms with E-state index in [2.05, 4.69) is 57.6 Å². The Bertz CT molecular complexity index is 1220. The van der Waals surface area contributed by atoms with Crippen LogP contribution in [0.2, 0.25) is 0 Å². The molecule has 0 atom stereocenters. The van der Waals surface area contributed by atoms with Gasteiger partial charge in [-0.05, 0) is 25.5 Å². The zero-order chi connectivity index (χ0) is 22.5. The summed E-state index contributed by atoms with van der Waals surface area (Å²) in [6, 6.07) is 9.25. The van der Waals surface area contributed by atoms with Gasteiger partial charge in [0.15, 0.2) is 0 Å². The first-order valence-electron chi connectivity index (χ1n) is 10.0. The number of pyridine rings is 1. The normalized spacial score (nSPS) is 10.7. The van der Waals surface area contributed by atoms with Crippen molar-refractivity contribution < 1.29 is 4.92 Å². The van der Waals surface area contributed by atoms with Crippen LogP contribution in [0.15, 0.2) is 61.4 Å². The lowest BCUT2D eigenvalue weighted by molar-refractivity contribution is -0.385. The van der Waals surface area contributed by atoms with Gasteiger partial charge in [0.2, 0.25) is 5.95 Å². The lowest BCUT2D eigenvalue weighted by Crippen LogP contribution is -2.16. The Labute approximate surface area is 184 Å². The van der Waals surface area contributed by atoms with Gasteiger partial charge in [-0.25, -0.2) is 19.9 Å². The van der Waals surface area contributed by atoms with E-state index < -0.39 is 4.92 Å². The molecular formula is C22H22N8O2. The highest BCUT2D eigenvalue weighted by molar-refractivity contribution is 5.72. The Hall–Kier alpha value is -4.34. The van der Waals surface area contributed by atoms with Crippen molar-refractivity contribution in [2.45, 2.75) is 13.8 Å². The second-order valence-electron chi connectivity index (χ2n) is 7.23. The number of imidazole rings is 1. The maximum Gasteiger partial charge on any atom is 0.287 e. The van der Waals surface area contributed by atoms with E-state index >= 15 is 0 Å². The van der Waals surface area contributed by atoms with Gasteiger partial charge in [-0.1, -0.05) is 23.8 Å². The molecule has 0 unspecified atom stereocenters. The number of hydrogen-bond donors (Lipinski definition) is 2. The minimum absolute atomic E-state index is 0.0426. The first kappa shape index (κ1) is 20.9. The number of benzene rings is 1. The van der Waals surface area contributed by atoms with Crippen LogP contribution in [0.25, 0.3) is 16.9 Å². The van der Waals surface area contributed by atoms with Crippen molar-refractivity contribution >= 4 is 17.5 Å². The smallest absolute Gasteiger partial charge is 0.287 e. The molecule has 0 saturated carbocycles. The molecule has 0 aliphatic carbocycles. The van der Waals surface area contributed by atoms with Crippen molar-refractivity contribution in [3.05, 3.63) is 82.7 Å². The zero-order valence-corrected chi connectivity index (χ0v) is 17.7. The van der Waals surface area contributed by atoms with Gasteiger partial charge in [0.1, 0.15) is 17.7 Å². The van der Waals surface area contributed by atoms with Crippen LogP contribution in [0.3, 0.4) is 0 Å². The maximum absolute atomic E-state index is 10.7. The Morgan fingerprint density at radius 2 is 1.91 bits per heavy atom. The van der Waals surface area contributed by atoms with Crippen molar-refractivity contribution in [3.63, 3.8) is 0 Å². The van der Waals surface area contributed by atoms with Crippen LogP contribution < -0.4 is 10.6 Å². The van der Waals surface area contributed by atoms with E-state index in [4.69, 9.17) is 4.98 Å². The van der Waals surface area contributed by atoms with E-state index in [1.807, 2.05) is 10.8 Å². The average molecular weight is 430 g/mol. The Morgan fingerprint density at radius 3 is 2.59 bits per heavy atom. The molecule has 1 aromatic carbocycles. The number of anilines is 2. The fourth-order valence-electron chi connectivity index (χ4n) is 3.29. The molecule has 0 radical (unpaired) electrons. The van der Waals surface area contributed by atoms with E-state index in [9.17, 15) is 10.1 Å². The molecule has 0 fully saturated rings. The topological polar surface area (TPSA) is 124 Å². The molecule has 3 aromatic heterocycles. The second-order valence-corrected chi connectivity index (χ2v) is 7.23. The predicted octanol–water partition coefficient (Wildman–Crippen LogP) is 3.77. The molecule has 4 aromatic rings. The minimum Gasteiger partial charge on any atom is -0.368 e. The fourth-order valence-corrected chi connectivity index (χ4v) is 3.29. The average Bonchev–Trinajstić information content (AvgIpc) is 3.32. The lowest BCUT2D eigenvalue weighted by Gasteiger charge is -2.14. The number of rotatable bonds is 8. The molecule has 2 N–H and O–H groups in total. The van der Waals surface area contributed by atoms with Gasteiger partial charge in [-0.3, -0.25) is 10.1 Å². The molecule has 162 valence electrons. The third-order valence-corrected chi connectivity index (χ3v) is 4.86. The van der Waals surface area contributed by atoms with Gasteiger partial charge in [-0.15, -0.1) is 0 Å². The van der Waals surface area contributed by atoms with Crippen molar-refractivity contribution in [3.8, 4) is 16.9 Å². The summed E-state index contributed by atoms with van der Waals surface area (Å²) in [4.78, 5) is 27.6. The highest BCUT2D eigenvalue weighted by atomic mass is 16.6. The molecular weight excluding hydrogens is 408 g/mol. The summed E-state index contributed by atoms with van der Waals surface area (Å²) in [5.74, 6) is 1.06. The fraction of sp³-hybridized carbons (Fsp3) is 0.182. The highest BCUT2D eigenvalue weighted by Crippen LogP contribution is 2.28. The van der Waals surface area contributed by atoms with Crippen LogP contribution >= 0.6 is 0 Å². The summed E-state index contributed by atoms with van der Waals surface area (Å²) < 4.78 is 1.89. The van der Waals surface area contributed by atoms with Crippen molar-refractivity contribution in [2.24, 2.45) is 0 Å². The molecule has 0 aliphatic rings. The highest BCUT2D eigenvalue weighted by Gasteiger charge is 2.13. The van der Waals surface area contributed by atoms with Gasteiger partial charge in [0.05, 0.1) is 23.1 Å². The molecule has 0 amide bonds. The molecule has 10 nitrogen and oxygen atoms in total. The van der Waals surface area contributed by atoms with Crippen LogP contribution in [0.4, 0.5) is 17.5 Å². The summed E-state index contributed by atoms with van der Waals surface area (Å²) in [6.45, 7) is 5.20. The molecule has 10 heteroatoms. The van der Waals surface area contributed by atoms with Crippen LogP contribution in [0.1, 0.15) is 11.1 Å². The van der Waals surface area contributed by atoms with Crippen LogP contribution in [0, 0.1) is 24.0 Å². The van der Waals surface area contributed by atoms with E-state index in [-0.39, 0.29) is 5.69 Å². The van der Waals surface area contributed by atoms with E-state index in [1.165, 1.54) is 17.8 Å². The monoisotopic (exact) mass is 430 g/mol. The molecule has 0 saturated heterocycles. The zero-order valence-electron chi connectivity index (χ0n) is 17.7. The summed E-state index contributed by atoms with van der Waals surface area (Å²) in [6.07, 6.45) is 8.30. The lowest BCUT2D eigenvalue weighted by atomic mass is 10.0. The number of hydrogen-bond acceptors (Lipinski definition) is 8.